The molecule has 0 saturated carbocycles. The van der Waals surface area contributed by atoms with Gasteiger partial charge in [-0.2, -0.15) is 0 Å². The van der Waals surface area contributed by atoms with Gasteiger partial charge in [0.1, 0.15) is 10.7 Å². The predicted molar refractivity (Wildman–Crippen MR) is 77.2 cm³/mol. The fraction of sp³-hybridized carbons (Fsp3) is 0.214. The van der Waals surface area contributed by atoms with Crippen molar-refractivity contribution in [3.63, 3.8) is 0 Å². The molecule has 1 amide bonds. The van der Waals surface area contributed by atoms with Gasteiger partial charge in [0.05, 0.1) is 12.2 Å². The molecule has 1 N–H and O–H groups in total. The van der Waals surface area contributed by atoms with Crippen molar-refractivity contribution < 1.29 is 14.3 Å². The first-order chi connectivity index (χ1) is 9.61. The van der Waals surface area contributed by atoms with Crippen molar-refractivity contribution in [2.24, 2.45) is 0 Å². The second-order valence-electron chi connectivity index (χ2n) is 3.99. The zero-order valence-corrected chi connectivity index (χ0v) is 12.0. The summed E-state index contributed by atoms with van der Waals surface area (Å²) in [6.07, 6.45) is 1.54. The largest absolute Gasteiger partial charge is 0.462 e. The molecule has 0 bridgehead atoms. The number of hydrogen-bond donors (Lipinski definition) is 1. The molecular weight excluding hydrogens is 276 g/mol. The molecule has 5 nitrogen and oxygen atoms in total. The Balaban J connectivity index is 2.21. The second kappa shape index (κ2) is 6.29. The molecule has 0 spiro atoms. The van der Waals surface area contributed by atoms with Crippen molar-refractivity contribution >= 4 is 28.2 Å². The number of pyridine rings is 1. The average molecular weight is 290 g/mol. The van der Waals surface area contributed by atoms with Gasteiger partial charge in [-0.15, -0.1) is 11.3 Å². The van der Waals surface area contributed by atoms with E-state index in [1.54, 1.807) is 37.4 Å². The molecule has 0 aliphatic rings. The van der Waals surface area contributed by atoms with E-state index in [1.165, 1.54) is 11.3 Å². The van der Waals surface area contributed by atoms with Gasteiger partial charge in [0, 0.05) is 11.1 Å². The molecule has 0 aromatic carbocycles. The molecule has 2 heterocycles. The number of nitrogens with zero attached hydrogens (tertiary/aromatic N) is 1. The number of hydrogen-bond acceptors (Lipinski definition) is 5. The summed E-state index contributed by atoms with van der Waals surface area (Å²) >= 11 is 1.33. The van der Waals surface area contributed by atoms with E-state index in [2.05, 4.69) is 10.3 Å². The van der Waals surface area contributed by atoms with Crippen LogP contribution in [-0.4, -0.2) is 23.5 Å². The Hall–Kier alpha value is -2.21. The van der Waals surface area contributed by atoms with Gasteiger partial charge in [-0.1, -0.05) is 6.07 Å². The van der Waals surface area contributed by atoms with Gasteiger partial charge in [0.15, 0.2) is 0 Å². The van der Waals surface area contributed by atoms with E-state index >= 15 is 0 Å². The number of rotatable bonds is 4. The lowest BCUT2D eigenvalue weighted by molar-refractivity contribution is 0.0528. The number of carbonyl (C=O) groups excluding carboxylic acids is 2. The summed E-state index contributed by atoms with van der Waals surface area (Å²) in [6, 6.07) is 6.78. The van der Waals surface area contributed by atoms with Crippen LogP contribution in [0.5, 0.6) is 0 Å². The maximum Gasteiger partial charge on any atom is 0.341 e. The Morgan fingerprint density at radius 3 is 2.85 bits per heavy atom. The lowest BCUT2D eigenvalue weighted by atomic mass is 10.3. The second-order valence-corrected chi connectivity index (χ2v) is 5.25. The molecule has 20 heavy (non-hydrogen) atoms. The highest BCUT2D eigenvalue weighted by atomic mass is 32.1. The number of aromatic nitrogens is 1. The molecule has 6 heteroatoms. The van der Waals surface area contributed by atoms with Gasteiger partial charge in [-0.25, -0.2) is 4.79 Å². The third-order valence-electron chi connectivity index (χ3n) is 2.48. The van der Waals surface area contributed by atoms with E-state index in [4.69, 9.17) is 4.74 Å². The Morgan fingerprint density at radius 2 is 2.20 bits per heavy atom. The van der Waals surface area contributed by atoms with Crippen LogP contribution in [-0.2, 0) is 4.74 Å². The van der Waals surface area contributed by atoms with Crippen LogP contribution in [0.25, 0.3) is 0 Å². The molecule has 0 aliphatic heterocycles. The standard InChI is InChI=1S/C14H14N2O3S/c1-3-19-14(18)10-8-9(2)20-13(10)16-12(17)11-6-4-5-7-15-11/h4-8H,3H2,1-2H3,(H,16,17). The summed E-state index contributed by atoms with van der Waals surface area (Å²) in [4.78, 5) is 28.7. The molecule has 0 saturated heterocycles. The van der Waals surface area contributed by atoms with Crippen molar-refractivity contribution in [1.82, 2.24) is 4.98 Å². The molecule has 0 radical (unpaired) electrons. The van der Waals surface area contributed by atoms with Crippen LogP contribution in [0.4, 0.5) is 5.00 Å². The van der Waals surface area contributed by atoms with Crippen LogP contribution in [0.1, 0.15) is 32.6 Å². The topological polar surface area (TPSA) is 68.3 Å². The Kier molecular flexibility index (Phi) is 4.47. The molecule has 2 aromatic heterocycles. The number of anilines is 1. The van der Waals surface area contributed by atoms with Gasteiger partial charge in [-0.05, 0) is 32.0 Å². The zero-order chi connectivity index (χ0) is 14.5. The molecule has 104 valence electrons. The summed E-state index contributed by atoms with van der Waals surface area (Å²) in [6.45, 7) is 3.90. The average Bonchev–Trinajstić information content (AvgIpc) is 2.81. The highest BCUT2D eigenvalue weighted by Gasteiger charge is 2.18. The minimum atomic E-state index is -0.437. The minimum absolute atomic E-state index is 0.293. The van der Waals surface area contributed by atoms with Crippen molar-refractivity contribution in [1.29, 1.82) is 0 Å². The summed E-state index contributed by atoms with van der Waals surface area (Å²) in [5, 5.41) is 3.19. The summed E-state index contributed by atoms with van der Waals surface area (Å²) in [5.74, 6) is -0.786. The number of esters is 1. The third-order valence-corrected chi connectivity index (χ3v) is 3.44. The van der Waals surface area contributed by atoms with Crippen LogP contribution < -0.4 is 5.32 Å². The van der Waals surface area contributed by atoms with Crippen molar-refractivity contribution in [2.45, 2.75) is 13.8 Å². The predicted octanol–water partition coefficient (Wildman–Crippen LogP) is 2.88. The maximum absolute atomic E-state index is 12.0. The lowest BCUT2D eigenvalue weighted by Gasteiger charge is -2.05. The van der Waals surface area contributed by atoms with Crippen LogP contribution >= 0.6 is 11.3 Å². The number of carbonyl (C=O) groups is 2. The number of amides is 1. The zero-order valence-electron chi connectivity index (χ0n) is 11.2. The number of ether oxygens (including phenoxy) is 1. The smallest absolute Gasteiger partial charge is 0.341 e. The molecule has 0 atom stereocenters. The summed E-state index contributed by atoms with van der Waals surface area (Å²) in [7, 11) is 0. The fourth-order valence-corrected chi connectivity index (χ4v) is 2.53. The third kappa shape index (κ3) is 3.21. The quantitative estimate of drug-likeness (QED) is 0.879. The van der Waals surface area contributed by atoms with Gasteiger partial charge in [0.2, 0.25) is 0 Å². The van der Waals surface area contributed by atoms with E-state index in [9.17, 15) is 9.59 Å². The first kappa shape index (κ1) is 14.2. The Labute approximate surface area is 120 Å². The SMILES string of the molecule is CCOC(=O)c1cc(C)sc1NC(=O)c1ccccn1. The monoisotopic (exact) mass is 290 g/mol. The van der Waals surface area contributed by atoms with Gasteiger partial charge in [0.25, 0.3) is 5.91 Å². The molecule has 2 aromatic rings. The summed E-state index contributed by atoms with van der Waals surface area (Å²) in [5.41, 5.74) is 0.673. The highest BCUT2D eigenvalue weighted by Crippen LogP contribution is 2.28. The van der Waals surface area contributed by atoms with Gasteiger partial charge < -0.3 is 10.1 Å². The maximum atomic E-state index is 12.0. The lowest BCUT2D eigenvalue weighted by Crippen LogP contribution is -2.15. The van der Waals surface area contributed by atoms with E-state index in [-0.39, 0.29) is 5.91 Å². The summed E-state index contributed by atoms with van der Waals surface area (Å²) < 4.78 is 4.97. The van der Waals surface area contributed by atoms with E-state index in [1.807, 2.05) is 6.92 Å². The van der Waals surface area contributed by atoms with Crippen molar-refractivity contribution in [3.8, 4) is 0 Å². The number of nitrogens with one attached hydrogen (secondary N) is 1. The molecule has 0 fully saturated rings. The molecular formula is C14H14N2O3S. The normalized spacial score (nSPS) is 10.1. The Morgan fingerprint density at radius 1 is 1.40 bits per heavy atom. The van der Waals surface area contributed by atoms with Crippen LogP contribution in [0.15, 0.2) is 30.5 Å². The first-order valence-electron chi connectivity index (χ1n) is 6.11. The van der Waals surface area contributed by atoms with Crippen LogP contribution in [0.2, 0.25) is 0 Å². The van der Waals surface area contributed by atoms with E-state index in [0.29, 0.717) is 22.9 Å². The van der Waals surface area contributed by atoms with Crippen molar-refractivity contribution in [2.75, 3.05) is 11.9 Å². The molecule has 0 unspecified atom stereocenters. The Bertz CT molecular complexity index is 623. The van der Waals surface area contributed by atoms with Gasteiger partial charge in [-0.3, -0.25) is 9.78 Å². The molecule has 2 rings (SSSR count). The molecule has 0 aliphatic carbocycles. The van der Waals surface area contributed by atoms with Gasteiger partial charge >= 0.3 is 5.97 Å². The van der Waals surface area contributed by atoms with Crippen LogP contribution in [0.3, 0.4) is 0 Å². The van der Waals surface area contributed by atoms with Crippen LogP contribution in [0, 0.1) is 6.92 Å². The minimum Gasteiger partial charge on any atom is -0.462 e. The van der Waals surface area contributed by atoms with E-state index < -0.39 is 5.97 Å². The first-order valence-corrected chi connectivity index (χ1v) is 6.93. The number of thiophene rings is 1. The van der Waals surface area contributed by atoms with E-state index in [0.717, 1.165) is 4.88 Å². The van der Waals surface area contributed by atoms with Crippen molar-refractivity contribution in [3.05, 3.63) is 46.6 Å². The number of aryl methyl sites for hydroxylation is 1. The highest BCUT2D eigenvalue weighted by molar-refractivity contribution is 7.16. The fourth-order valence-electron chi connectivity index (χ4n) is 1.63.